The van der Waals surface area contributed by atoms with Gasteiger partial charge in [-0.05, 0) is 26.7 Å². The summed E-state index contributed by atoms with van der Waals surface area (Å²) in [6.45, 7) is 22.2. The molecule has 0 aliphatic heterocycles. The monoisotopic (exact) mass is 363 g/mol. The van der Waals surface area contributed by atoms with Crippen LogP contribution in [0.3, 0.4) is 0 Å². The summed E-state index contributed by atoms with van der Waals surface area (Å²) in [7, 11) is 0. The van der Waals surface area contributed by atoms with E-state index in [4.69, 9.17) is 15.2 Å². The molecule has 0 aliphatic rings. The normalized spacial score (nSPS) is 14.8. The molecule has 0 aromatic rings. The van der Waals surface area contributed by atoms with Crippen molar-refractivity contribution in [3.05, 3.63) is 0 Å². The third-order valence-corrected chi connectivity index (χ3v) is 2.80. The molecule has 3 unspecified atom stereocenters. The topological polar surface area (TPSA) is 68.5 Å². The quantitative estimate of drug-likeness (QED) is 0.496. The van der Waals surface area contributed by atoms with Crippen molar-refractivity contribution in [3.63, 3.8) is 0 Å². The van der Waals surface area contributed by atoms with Crippen LogP contribution in [0.15, 0.2) is 0 Å². The molecule has 0 saturated heterocycles. The van der Waals surface area contributed by atoms with E-state index in [0.717, 1.165) is 19.8 Å². The van der Waals surface area contributed by atoms with Crippen LogP contribution in [0, 0.1) is 5.92 Å². The second-order valence-corrected chi connectivity index (χ2v) is 7.89. The molecule has 0 spiro atoms. The zero-order valence-electron chi connectivity index (χ0n) is 17.7. The van der Waals surface area contributed by atoms with Gasteiger partial charge in [-0.25, -0.2) is 0 Å². The smallest absolute Gasteiger partial charge is 0.0617 e. The summed E-state index contributed by atoms with van der Waals surface area (Å²) in [6.07, 6.45) is 0. The van der Waals surface area contributed by atoms with Gasteiger partial charge in [0.2, 0.25) is 0 Å². The first-order chi connectivity index (χ1) is 11.0. The highest BCUT2D eigenvalue weighted by Crippen LogP contribution is 1.93. The lowest BCUT2D eigenvalue weighted by molar-refractivity contribution is 0.0954. The lowest BCUT2D eigenvalue weighted by Crippen LogP contribution is -2.39. The third kappa shape index (κ3) is 28.9. The maximum atomic E-state index is 5.63. The van der Waals surface area contributed by atoms with Gasteiger partial charge in [-0.3, -0.25) is 0 Å². The zero-order valence-corrected chi connectivity index (χ0v) is 17.7. The Kier molecular flexibility index (Phi) is 22.0. The molecule has 0 aromatic heterocycles. The van der Waals surface area contributed by atoms with Crippen molar-refractivity contribution < 1.29 is 9.47 Å². The maximum absolute atomic E-state index is 5.63. The van der Waals surface area contributed by atoms with E-state index in [9.17, 15) is 0 Å². The Morgan fingerprint density at radius 3 is 1.28 bits per heavy atom. The highest BCUT2D eigenvalue weighted by molar-refractivity contribution is 4.65. The first kappa shape index (κ1) is 29.6. The number of hydrogen-bond donors (Lipinski definition) is 3. The molecule has 156 valence electrons. The summed E-state index contributed by atoms with van der Waals surface area (Å²) in [5, 5.41) is 6.82. The van der Waals surface area contributed by atoms with Crippen LogP contribution in [0.1, 0.15) is 69.7 Å². The largest absolute Gasteiger partial charge is 0.380 e. The predicted octanol–water partition coefficient (Wildman–Crippen LogP) is 3.42. The highest BCUT2D eigenvalue weighted by Gasteiger charge is 2.06. The van der Waals surface area contributed by atoms with Gasteiger partial charge in [-0.2, -0.15) is 0 Å². The Hall–Kier alpha value is -0.200. The van der Waals surface area contributed by atoms with Gasteiger partial charge >= 0.3 is 0 Å². The fourth-order valence-corrected chi connectivity index (χ4v) is 2.15. The van der Waals surface area contributed by atoms with Crippen LogP contribution in [0.25, 0.3) is 0 Å². The van der Waals surface area contributed by atoms with Crippen molar-refractivity contribution in [2.75, 3.05) is 26.4 Å². The van der Waals surface area contributed by atoms with Gasteiger partial charge < -0.3 is 25.8 Å². The van der Waals surface area contributed by atoms with Crippen molar-refractivity contribution in [2.45, 2.75) is 99.9 Å². The minimum absolute atomic E-state index is 0. The van der Waals surface area contributed by atoms with Crippen LogP contribution in [-0.4, -0.2) is 56.6 Å². The minimum atomic E-state index is 0. The van der Waals surface area contributed by atoms with Crippen LogP contribution in [0.5, 0.6) is 0 Å². The van der Waals surface area contributed by atoms with Crippen LogP contribution in [-0.2, 0) is 9.47 Å². The molecule has 0 amide bonds. The second-order valence-electron chi connectivity index (χ2n) is 7.89. The average Bonchev–Trinajstić information content (AvgIpc) is 2.36. The van der Waals surface area contributed by atoms with Gasteiger partial charge in [-0.15, -0.1) is 0 Å². The van der Waals surface area contributed by atoms with Crippen molar-refractivity contribution in [1.29, 1.82) is 0 Å². The van der Waals surface area contributed by atoms with Crippen molar-refractivity contribution in [3.8, 4) is 0 Å². The fraction of sp³-hybridized carbons (Fsp3) is 1.00. The Bertz CT molecular complexity index is 235. The highest BCUT2D eigenvalue weighted by atomic mass is 16.5. The Morgan fingerprint density at radius 1 is 0.640 bits per heavy atom. The molecule has 3 atom stereocenters. The van der Waals surface area contributed by atoms with Crippen LogP contribution < -0.4 is 16.4 Å². The number of ether oxygens (including phenoxy) is 2. The number of nitrogens with two attached hydrogens (primary N) is 1. The van der Waals surface area contributed by atoms with Gasteiger partial charge in [0.25, 0.3) is 0 Å². The number of nitrogens with one attached hydrogen (secondary N) is 2. The van der Waals surface area contributed by atoms with E-state index in [1.54, 1.807) is 0 Å². The van der Waals surface area contributed by atoms with Crippen LogP contribution >= 0.6 is 0 Å². The molecular formula is C20H49N3O2. The Balaban J connectivity index is -0.000000418. The van der Waals surface area contributed by atoms with Gasteiger partial charge in [0.05, 0.1) is 19.8 Å². The van der Waals surface area contributed by atoms with E-state index >= 15 is 0 Å². The van der Waals surface area contributed by atoms with Crippen molar-refractivity contribution in [1.82, 2.24) is 10.6 Å². The molecule has 0 saturated carbocycles. The van der Waals surface area contributed by atoms with Gasteiger partial charge in [0.1, 0.15) is 0 Å². The SMILES string of the molecule is C.CC(C)COCC(C)N.CC(C)NC(C)COCC(C)NC(C)C. The maximum Gasteiger partial charge on any atom is 0.0617 e. The summed E-state index contributed by atoms with van der Waals surface area (Å²) < 4.78 is 10.9. The summed E-state index contributed by atoms with van der Waals surface area (Å²) in [4.78, 5) is 0. The molecule has 25 heavy (non-hydrogen) atoms. The average molecular weight is 364 g/mol. The molecular weight excluding hydrogens is 314 g/mol. The van der Waals surface area contributed by atoms with E-state index in [1.165, 1.54) is 0 Å². The lowest BCUT2D eigenvalue weighted by atomic mass is 10.2. The van der Waals surface area contributed by atoms with Gasteiger partial charge in [-0.1, -0.05) is 49.0 Å². The Morgan fingerprint density at radius 2 is 1.00 bits per heavy atom. The second kappa shape index (κ2) is 18.6. The number of hydrogen-bond acceptors (Lipinski definition) is 5. The standard InChI is InChI=1S/C12H28N2O.C7H17NO.CH4/c1-9(2)13-11(5)7-15-8-12(6)14-10(3)4;1-6(2)4-9-5-7(3)8;/h9-14H,7-8H2,1-6H3;6-7H,4-5,8H2,1-3H3;1H4. The summed E-state index contributed by atoms with van der Waals surface area (Å²) in [5.74, 6) is 0.615. The van der Waals surface area contributed by atoms with E-state index in [1.807, 2.05) is 6.92 Å². The summed E-state index contributed by atoms with van der Waals surface area (Å²) >= 11 is 0. The molecule has 4 N–H and O–H groups in total. The van der Waals surface area contributed by atoms with Gasteiger partial charge in [0, 0.05) is 36.8 Å². The summed E-state index contributed by atoms with van der Waals surface area (Å²) in [6, 6.07) is 2.07. The molecule has 5 heteroatoms. The molecule has 5 nitrogen and oxygen atoms in total. The van der Waals surface area contributed by atoms with Gasteiger partial charge in [0.15, 0.2) is 0 Å². The molecule has 0 heterocycles. The first-order valence-corrected chi connectivity index (χ1v) is 9.47. The molecule has 0 fully saturated rings. The predicted molar refractivity (Wildman–Crippen MR) is 112 cm³/mol. The van der Waals surface area contributed by atoms with Crippen LogP contribution in [0.4, 0.5) is 0 Å². The van der Waals surface area contributed by atoms with Crippen molar-refractivity contribution >= 4 is 0 Å². The molecule has 0 aromatic carbocycles. The lowest BCUT2D eigenvalue weighted by Gasteiger charge is -2.20. The van der Waals surface area contributed by atoms with Crippen LogP contribution in [0.2, 0.25) is 0 Å². The third-order valence-electron chi connectivity index (χ3n) is 2.80. The molecule has 0 radical (unpaired) electrons. The molecule has 0 rings (SSSR count). The number of rotatable bonds is 12. The minimum Gasteiger partial charge on any atom is -0.380 e. The molecule has 0 bridgehead atoms. The first-order valence-electron chi connectivity index (χ1n) is 9.47. The van der Waals surface area contributed by atoms with E-state index in [-0.39, 0.29) is 13.5 Å². The van der Waals surface area contributed by atoms with E-state index in [2.05, 4.69) is 66.0 Å². The molecule has 0 aliphatic carbocycles. The Labute approximate surface area is 158 Å². The van der Waals surface area contributed by atoms with E-state index < -0.39 is 0 Å². The van der Waals surface area contributed by atoms with Crippen molar-refractivity contribution in [2.24, 2.45) is 11.7 Å². The fourth-order valence-electron chi connectivity index (χ4n) is 2.15. The zero-order chi connectivity index (χ0) is 19.1. The summed E-state index contributed by atoms with van der Waals surface area (Å²) in [5.41, 5.74) is 5.45. The van der Waals surface area contributed by atoms with E-state index in [0.29, 0.717) is 36.7 Å².